The SMILES string of the molecule is CC1(C)O[C@H]2[C@@H](O1)[C@@H](C[Se]C[C@H]1O[C@H]3OC(C)(C)O[C@@H]3[C@H]3OC(C)(C)O[C@H]31)O[C@H]1OC(C)(C)O[C@@H]12. The van der Waals surface area contributed by atoms with Gasteiger partial charge in [-0.15, -0.1) is 0 Å². The molecule has 0 aromatic carbocycles. The monoisotopic (exact) mass is 566 g/mol. The standard InChI is InChI=1S/C24H38O10Se/c1-21(2)27-13-11(25-19-17(15(13)29-21)31-23(5,6)33-19)9-35-10-12-14-16(30-22(3,4)28-14)18-20(26-12)34-24(7,8)32-18/h11-20H,9-10H2,1-8H3/t11-,12-,13+,14+,15+,16+,17-,18-,19+,20+/m1/s1. The first-order valence-corrected chi connectivity index (χ1v) is 14.9. The van der Waals surface area contributed by atoms with Gasteiger partial charge in [-0.1, -0.05) is 0 Å². The molecule has 35 heavy (non-hydrogen) atoms. The molecule has 0 amide bonds. The van der Waals surface area contributed by atoms with Crippen LogP contribution >= 0.6 is 0 Å². The fourth-order valence-corrected chi connectivity index (χ4v) is 8.34. The summed E-state index contributed by atoms with van der Waals surface area (Å²) in [6.45, 7) is 15.3. The fourth-order valence-electron chi connectivity index (χ4n) is 5.96. The van der Waals surface area contributed by atoms with Crippen LogP contribution in [0.4, 0.5) is 0 Å². The van der Waals surface area contributed by atoms with Gasteiger partial charge in [0.2, 0.25) is 0 Å². The third-order valence-electron chi connectivity index (χ3n) is 7.07. The van der Waals surface area contributed by atoms with Gasteiger partial charge in [0.25, 0.3) is 0 Å². The van der Waals surface area contributed by atoms with Crippen LogP contribution < -0.4 is 0 Å². The van der Waals surface area contributed by atoms with Crippen molar-refractivity contribution in [2.75, 3.05) is 0 Å². The van der Waals surface area contributed by atoms with Crippen molar-refractivity contribution >= 4 is 15.0 Å². The quantitative estimate of drug-likeness (QED) is 0.473. The van der Waals surface area contributed by atoms with Crippen LogP contribution in [0, 0.1) is 0 Å². The molecule has 6 aliphatic rings. The molecule has 6 heterocycles. The van der Waals surface area contributed by atoms with Crippen LogP contribution in [0.1, 0.15) is 55.4 Å². The molecule has 6 fully saturated rings. The van der Waals surface area contributed by atoms with Crippen molar-refractivity contribution in [2.24, 2.45) is 0 Å². The minimum absolute atomic E-state index is 0.158. The van der Waals surface area contributed by atoms with Crippen LogP contribution in [0.25, 0.3) is 0 Å². The van der Waals surface area contributed by atoms with E-state index >= 15 is 0 Å². The van der Waals surface area contributed by atoms with Gasteiger partial charge in [-0.05, 0) is 0 Å². The van der Waals surface area contributed by atoms with Gasteiger partial charge in [0, 0.05) is 0 Å². The number of ether oxygens (including phenoxy) is 10. The topological polar surface area (TPSA) is 92.3 Å². The average Bonchev–Trinajstić information content (AvgIpc) is 3.39. The van der Waals surface area contributed by atoms with Crippen molar-refractivity contribution in [2.45, 2.75) is 151 Å². The zero-order valence-corrected chi connectivity index (χ0v) is 23.4. The summed E-state index contributed by atoms with van der Waals surface area (Å²) in [7, 11) is 0. The molecular formula is C24H38O10Se. The number of rotatable bonds is 4. The number of hydrogen-bond donors (Lipinski definition) is 0. The van der Waals surface area contributed by atoms with Crippen molar-refractivity contribution in [1.82, 2.24) is 0 Å². The van der Waals surface area contributed by atoms with Crippen LogP contribution in [0.3, 0.4) is 0 Å². The van der Waals surface area contributed by atoms with Crippen molar-refractivity contribution in [1.29, 1.82) is 0 Å². The fraction of sp³-hybridized carbons (Fsp3) is 1.00. The predicted octanol–water partition coefficient (Wildman–Crippen LogP) is 2.32. The molecule has 0 aromatic heterocycles. The van der Waals surface area contributed by atoms with Gasteiger partial charge >= 0.3 is 213 Å². The molecule has 6 aliphatic heterocycles. The summed E-state index contributed by atoms with van der Waals surface area (Å²) in [6.07, 6.45) is -2.78. The first-order valence-electron chi connectivity index (χ1n) is 12.5. The van der Waals surface area contributed by atoms with E-state index in [-0.39, 0.29) is 63.8 Å². The van der Waals surface area contributed by atoms with Gasteiger partial charge in [-0.2, -0.15) is 0 Å². The van der Waals surface area contributed by atoms with Gasteiger partial charge in [0.15, 0.2) is 0 Å². The Morgan fingerprint density at radius 1 is 0.429 bits per heavy atom. The van der Waals surface area contributed by atoms with E-state index in [1.807, 2.05) is 55.4 Å². The van der Waals surface area contributed by atoms with Crippen LogP contribution in [0.5, 0.6) is 0 Å². The third-order valence-corrected chi connectivity index (χ3v) is 9.43. The van der Waals surface area contributed by atoms with Gasteiger partial charge in [-0.3, -0.25) is 0 Å². The molecule has 200 valence electrons. The zero-order valence-electron chi connectivity index (χ0n) is 21.7. The molecule has 0 saturated carbocycles. The van der Waals surface area contributed by atoms with Crippen molar-refractivity contribution in [3.63, 3.8) is 0 Å². The molecule has 11 heteroatoms. The Hall–Kier alpha value is 0.119. The maximum absolute atomic E-state index is 6.38. The molecule has 0 unspecified atom stereocenters. The van der Waals surface area contributed by atoms with E-state index in [1.54, 1.807) is 0 Å². The summed E-state index contributed by atoms with van der Waals surface area (Å²) in [5.41, 5.74) is 0. The molecule has 0 aliphatic carbocycles. The Morgan fingerprint density at radius 3 is 1.14 bits per heavy atom. The van der Waals surface area contributed by atoms with Gasteiger partial charge in [0.05, 0.1) is 0 Å². The van der Waals surface area contributed by atoms with Gasteiger partial charge in [0.1, 0.15) is 0 Å². The van der Waals surface area contributed by atoms with E-state index in [0.717, 1.165) is 10.6 Å². The number of hydrogen-bond acceptors (Lipinski definition) is 10. The Labute approximate surface area is 213 Å². The van der Waals surface area contributed by atoms with Gasteiger partial charge in [-0.25, -0.2) is 0 Å². The Kier molecular flexibility index (Phi) is 6.03. The van der Waals surface area contributed by atoms with Gasteiger partial charge < -0.3 is 0 Å². The molecule has 10 nitrogen and oxygen atoms in total. The average molecular weight is 566 g/mol. The summed E-state index contributed by atoms with van der Waals surface area (Å²) in [6, 6.07) is 0. The van der Waals surface area contributed by atoms with Crippen molar-refractivity contribution in [3.05, 3.63) is 0 Å². The molecule has 0 N–H and O–H groups in total. The summed E-state index contributed by atoms with van der Waals surface area (Å²) in [4.78, 5) is 0. The Morgan fingerprint density at radius 2 is 0.743 bits per heavy atom. The summed E-state index contributed by atoms with van der Waals surface area (Å²) in [5, 5.41) is 1.64. The molecule has 0 radical (unpaired) electrons. The van der Waals surface area contributed by atoms with Crippen molar-refractivity contribution < 1.29 is 47.4 Å². The van der Waals surface area contributed by atoms with Crippen LogP contribution in [0.15, 0.2) is 0 Å². The molecule has 0 bridgehead atoms. The molecule has 6 rings (SSSR count). The second kappa shape index (κ2) is 8.31. The van der Waals surface area contributed by atoms with Crippen molar-refractivity contribution in [3.8, 4) is 0 Å². The molecule has 0 spiro atoms. The maximum atomic E-state index is 6.38. The molecular weight excluding hydrogens is 527 g/mol. The van der Waals surface area contributed by atoms with Crippen LogP contribution in [0.2, 0.25) is 10.6 Å². The predicted molar refractivity (Wildman–Crippen MR) is 120 cm³/mol. The van der Waals surface area contributed by atoms with E-state index < -0.39 is 35.7 Å². The second-order valence-corrected chi connectivity index (χ2v) is 14.2. The van der Waals surface area contributed by atoms with E-state index in [4.69, 9.17) is 47.4 Å². The van der Waals surface area contributed by atoms with E-state index in [2.05, 4.69) is 0 Å². The van der Waals surface area contributed by atoms with Crippen LogP contribution in [-0.2, 0) is 47.4 Å². The van der Waals surface area contributed by atoms with Crippen LogP contribution in [-0.4, -0.2) is 99.5 Å². The summed E-state index contributed by atoms with van der Waals surface area (Å²) < 4.78 is 62.1. The van der Waals surface area contributed by atoms with E-state index in [1.165, 1.54) is 0 Å². The Bertz CT molecular complexity index is 767. The van der Waals surface area contributed by atoms with E-state index in [0.29, 0.717) is 0 Å². The minimum atomic E-state index is -0.721. The van der Waals surface area contributed by atoms with E-state index in [9.17, 15) is 0 Å². The summed E-state index contributed by atoms with van der Waals surface area (Å²) >= 11 is 0.167. The molecule has 0 aromatic rings. The molecule has 10 atom stereocenters. The zero-order chi connectivity index (χ0) is 25.0. The number of fused-ring (bicyclic) bond motifs is 6. The normalized spacial score (nSPS) is 50.4. The second-order valence-electron chi connectivity index (χ2n) is 12.0. The molecule has 6 saturated heterocycles. The summed E-state index contributed by atoms with van der Waals surface area (Å²) in [5.74, 6) is -2.84. The first-order chi connectivity index (χ1) is 16.2. The Balaban J connectivity index is 1.13. The third kappa shape index (κ3) is 4.75. The first kappa shape index (κ1) is 25.4.